The van der Waals surface area contributed by atoms with Crippen molar-refractivity contribution in [3.8, 4) is 11.1 Å². The summed E-state index contributed by atoms with van der Waals surface area (Å²) in [5.41, 5.74) is 4.50. The Morgan fingerprint density at radius 1 is 1.12 bits per heavy atom. The molecule has 0 atom stereocenters. The Labute approximate surface area is 148 Å². The van der Waals surface area contributed by atoms with Gasteiger partial charge in [0.2, 0.25) is 0 Å². The van der Waals surface area contributed by atoms with Crippen LogP contribution in [-0.2, 0) is 9.53 Å². The number of hydrogen-bond donors (Lipinski definition) is 1. The number of carboxylic acid groups (broad SMARTS) is 1. The van der Waals surface area contributed by atoms with E-state index >= 15 is 0 Å². The molecule has 0 unspecified atom stereocenters. The number of benzene rings is 2. The van der Waals surface area contributed by atoms with Crippen molar-refractivity contribution in [2.45, 2.75) is 19.2 Å². The predicted octanol–water partition coefficient (Wildman–Crippen LogP) is 3.73. The second kappa shape index (κ2) is 7.38. The summed E-state index contributed by atoms with van der Waals surface area (Å²) in [5, 5.41) is 8.98. The van der Waals surface area contributed by atoms with Gasteiger partial charge in [0.05, 0.1) is 0 Å². The number of aliphatic carboxylic acids is 1. The largest absolute Gasteiger partial charge is 0.480 e. The summed E-state index contributed by atoms with van der Waals surface area (Å²) in [6, 6.07) is 16.1. The third-order valence-corrected chi connectivity index (χ3v) is 4.35. The van der Waals surface area contributed by atoms with Crippen LogP contribution in [0.2, 0.25) is 0 Å². The van der Waals surface area contributed by atoms with Gasteiger partial charge < -0.3 is 9.84 Å². The van der Waals surface area contributed by atoms with Gasteiger partial charge in [-0.15, -0.1) is 0 Å². The van der Waals surface area contributed by atoms with E-state index in [1.54, 1.807) is 0 Å². The van der Waals surface area contributed by atoms with E-state index in [9.17, 15) is 9.59 Å². The molecular formula is C20H21NO4. The topological polar surface area (TPSA) is 66.8 Å². The van der Waals surface area contributed by atoms with Gasteiger partial charge in [-0.3, -0.25) is 9.69 Å². The molecule has 2 aromatic carbocycles. The smallest absolute Gasteiger partial charge is 0.410 e. The first-order valence-corrected chi connectivity index (χ1v) is 8.22. The molecule has 0 bridgehead atoms. The molecule has 3 rings (SSSR count). The van der Waals surface area contributed by atoms with Crippen LogP contribution in [0, 0.1) is 0 Å². The van der Waals surface area contributed by atoms with Crippen molar-refractivity contribution in [1.29, 1.82) is 0 Å². The molecule has 0 saturated heterocycles. The SMILES string of the molecule is [3H]CCCN(CC(=O)O)C(=O)OCC1c2ccccc2-c2ccccc21. The van der Waals surface area contributed by atoms with E-state index in [1.165, 1.54) is 0 Å². The summed E-state index contributed by atoms with van der Waals surface area (Å²) < 4.78 is 12.7. The molecular weight excluding hydrogens is 318 g/mol. The van der Waals surface area contributed by atoms with Crippen molar-refractivity contribution in [2.75, 3.05) is 19.7 Å². The normalized spacial score (nSPS) is 12.9. The highest BCUT2D eigenvalue weighted by atomic mass is 16.6. The van der Waals surface area contributed by atoms with Gasteiger partial charge >= 0.3 is 12.1 Å². The molecule has 0 aliphatic heterocycles. The quantitative estimate of drug-likeness (QED) is 0.869. The van der Waals surface area contributed by atoms with Gasteiger partial charge in [0, 0.05) is 13.8 Å². The van der Waals surface area contributed by atoms with E-state index in [1.807, 2.05) is 36.4 Å². The molecule has 2 aromatic rings. The fourth-order valence-electron chi connectivity index (χ4n) is 3.27. The van der Waals surface area contributed by atoms with Crippen LogP contribution >= 0.6 is 0 Å². The molecule has 1 aliphatic rings. The van der Waals surface area contributed by atoms with E-state index < -0.39 is 18.6 Å². The van der Waals surface area contributed by atoms with Crippen molar-refractivity contribution < 1.29 is 20.8 Å². The lowest BCUT2D eigenvalue weighted by atomic mass is 9.98. The molecule has 1 aliphatic carbocycles. The van der Waals surface area contributed by atoms with Gasteiger partial charge in [-0.2, -0.15) is 0 Å². The first-order valence-electron chi connectivity index (χ1n) is 8.93. The third kappa shape index (κ3) is 3.50. The molecule has 0 fully saturated rings. The number of amides is 1. The number of fused-ring (bicyclic) bond motifs is 3. The van der Waals surface area contributed by atoms with Crippen molar-refractivity contribution in [1.82, 2.24) is 4.90 Å². The Morgan fingerprint density at radius 2 is 1.72 bits per heavy atom. The van der Waals surface area contributed by atoms with Crippen molar-refractivity contribution in [3.63, 3.8) is 0 Å². The zero-order valence-electron chi connectivity index (χ0n) is 14.9. The van der Waals surface area contributed by atoms with E-state index in [0.29, 0.717) is 6.42 Å². The van der Waals surface area contributed by atoms with E-state index in [2.05, 4.69) is 12.1 Å². The minimum atomic E-state index is -1.09. The Hall–Kier alpha value is -2.82. The van der Waals surface area contributed by atoms with Crippen LogP contribution in [0.4, 0.5) is 4.79 Å². The zero-order chi connectivity index (χ0) is 18.5. The minimum Gasteiger partial charge on any atom is -0.480 e. The summed E-state index contributed by atoms with van der Waals surface area (Å²) in [5.74, 6) is -1.15. The van der Waals surface area contributed by atoms with Crippen LogP contribution in [0.15, 0.2) is 48.5 Å². The summed E-state index contributed by atoms with van der Waals surface area (Å²) in [6.07, 6.45) is -0.236. The lowest BCUT2D eigenvalue weighted by Gasteiger charge is -2.21. The Kier molecular flexibility index (Phi) is 4.63. The van der Waals surface area contributed by atoms with E-state index in [4.69, 9.17) is 11.2 Å². The summed E-state index contributed by atoms with van der Waals surface area (Å²) in [7, 11) is 0. The molecule has 1 N–H and O–H groups in total. The highest BCUT2D eigenvalue weighted by Gasteiger charge is 2.29. The van der Waals surface area contributed by atoms with Crippen molar-refractivity contribution in [3.05, 3.63) is 59.7 Å². The summed E-state index contributed by atoms with van der Waals surface area (Å²) in [4.78, 5) is 24.5. The van der Waals surface area contributed by atoms with Crippen LogP contribution in [0.3, 0.4) is 0 Å². The van der Waals surface area contributed by atoms with E-state index in [-0.39, 0.29) is 26.0 Å². The van der Waals surface area contributed by atoms with Gasteiger partial charge in [0.25, 0.3) is 0 Å². The zero-order valence-corrected chi connectivity index (χ0v) is 13.9. The van der Waals surface area contributed by atoms with Gasteiger partial charge in [-0.05, 0) is 28.7 Å². The second-order valence-corrected chi connectivity index (χ2v) is 5.97. The van der Waals surface area contributed by atoms with Gasteiger partial charge in [-0.25, -0.2) is 4.79 Å². The maximum Gasteiger partial charge on any atom is 0.410 e. The average Bonchev–Trinajstić information content (AvgIpc) is 2.97. The maximum absolute atomic E-state index is 12.3. The number of carbonyl (C=O) groups excluding carboxylic acids is 1. The standard InChI is InChI=1S/C20H21NO4/c1-2-11-21(12-19(22)23)20(24)25-13-18-16-9-5-3-7-14(16)15-8-4-6-10-17(15)18/h3-10,18H,2,11-13H2,1H3,(H,22,23)/i1T. The molecule has 0 aromatic heterocycles. The van der Waals surface area contributed by atoms with E-state index in [0.717, 1.165) is 27.2 Å². The highest BCUT2D eigenvalue weighted by Crippen LogP contribution is 2.44. The molecule has 0 heterocycles. The monoisotopic (exact) mass is 341 g/mol. The second-order valence-electron chi connectivity index (χ2n) is 5.97. The lowest BCUT2D eigenvalue weighted by molar-refractivity contribution is -0.138. The molecule has 0 saturated carbocycles. The minimum absolute atomic E-state index is 0.0609. The fourth-order valence-corrected chi connectivity index (χ4v) is 3.27. The Morgan fingerprint density at radius 3 is 2.28 bits per heavy atom. The summed E-state index contributed by atoms with van der Waals surface area (Å²) >= 11 is 0. The maximum atomic E-state index is 12.3. The fraction of sp³-hybridized carbons (Fsp3) is 0.300. The molecule has 0 spiro atoms. The number of hydrogen-bond acceptors (Lipinski definition) is 3. The predicted molar refractivity (Wildman–Crippen MR) is 94.6 cm³/mol. The van der Waals surface area contributed by atoms with Crippen molar-refractivity contribution >= 4 is 12.1 Å². The first-order chi connectivity index (χ1) is 12.6. The highest BCUT2D eigenvalue weighted by molar-refractivity contribution is 5.79. The van der Waals surface area contributed by atoms with Gasteiger partial charge in [0.1, 0.15) is 13.2 Å². The van der Waals surface area contributed by atoms with Gasteiger partial charge in [0.15, 0.2) is 0 Å². The molecule has 25 heavy (non-hydrogen) atoms. The van der Waals surface area contributed by atoms with Crippen LogP contribution in [-0.4, -0.2) is 41.8 Å². The number of ether oxygens (including phenoxy) is 1. The van der Waals surface area contributed by atoms with Crippen LogP contribution < -0.4 is 0 Å². The molecule has 5 heteroatoms. The molecule has 1 amide bonds. The molecule has 0 radical (unpaired) electrons. The average molecular weight is 341 g/mol. The van der Waals surface area contributed by atoms with Crippen LogP contribution in [0.5, 0.6) is 0 Å². The molecule has 130 valence electrons. The Bertz CT molecular complexity index is 762. The van der Waals surface area contributed by atoms with Crippen molar-refractivity contribution in [2.24, 2.45) is 0 Å². The Balaban J connectivity index is 1.74. The number of carbonyl (C=O) groups is 2. The third-order valence-electron chi connectivity index (χ3n) is 4.35. The summed E-state index contributed by atoms with van der Waals surface area (Å²) in [6.45, 7) is 0.0692. The molecule has 5 nitrogen and oxygen atoms in total. The van der Waals surface area contributed by atoms with Crippen LogP contribution in [0.1, 0.15) is 31.7 Å². The van der Waals surface area contributed by atoms with Gasteiger partial charge in [-0.1, -0.05) is 55.4 Å². The van der Waals surface area contributed by atoms with Crippen LogP contribution in [0.25, 0.3) is 11.1 Å². The first kappa shape index (κ1) is 15.7. The number of nitrogens with zero attached hydrogens (tertiary/aromatic N) is 1. The lowest BCUT2D eigenvalue weighted by Crippen LogP contribution is -2.37. The number of rotatable bonds is 6. The number of carboxylic acids is 1.